The number of amides is 2. The molecule has 0 bridgehead atoms. The monoisotopic (exact) mass is 308 g/mol. The number of anilines is 1. The summed E-state index contributed by atoms with van der Waals surface area (Å²) in [7, 11) is 3.15. The van der Waals surface area contributed by atoms with Gasteiger partial charge in [-0.05, 0) is 25.7 Å². The quantitative estimate of drug-likeness (QED) is 0.863. The van der Waals surface area contributed by atoms with E-state index in [0.29, 0.717) is 17.2 Å². The minimum Gasteiger partial charge on any atom is -0.497 e. The fourth-order valence-electron chi connectivity index (χ4n) is 2.72. The van der Waals surface area contributed by atoms with E-state index in [4.69, 9.17) is 9.47 Å². The third-order valence-corrected chi connectivity index (χ3v) is 3.03. The molecule has 5 nitrogen and oxygen atoms in total. The number of benzene rings is 1. The summed E-state index contributed by atoms with van der Waals surface area (Å²) in [6.45, 7) is 10.5. The van der Waals surface area contributed by atoms with Gasteiger partial charge >= 0.3 is 6.03 Å². The molecule has 0 radical (unpaired) electrons. The first-order chi connectivity index (χ1) is 10.0. The summed E-state index contributed by atoms with van der Waals surface area (Å²) in [5.74, 6) is 1.26. The van der Waals surface area contributed by atoms with Crippen LogP contribution in [-0.4, -0.2) is 25.8 Å². The van der Waals surface area contributed by atoms with Gasteiger partial charge in [-0.25, -0.2) is 4.79 Å². The Morgan fingerprint density at radius 2 is 1.50 bits per heavy atom. The van der Waals surface area contributed by atoms with Crippen LogP contribution in [0.3, 0.4) is 0 Å². The lowest BCUT2D eigenvalue weighted by Gasteiger charge is -2.33. The lowest BCUT2D eigenvalue weighted by atomic mass is 9.82. The molecule has 2 amide bonds. The topological polar surface area (TPSA) is 59.6 Å². The van der Waals surface area contributed by atoms with Gasteiger partial charge in [0.2, 0.25) is 0 Å². The molecule has 0 fully saturated rings. The number of urea groups is 1. The summed E-state index contributed by atoms with van der Waals surface area (Å²) in [6, 6.07) is 5.01. The average molecular weight is 308 g/mol. The number of nitrogens with one attached hydrogen (secondary N) is 2. The van der Waals surface area contributed by atoms with Crippen LogP contribution in [0, 0.1) is 5.41 Å². The predicted octanol–water partition coefficient (Wildman–Crippen LogP) is 4.04. The maximum absolute atomic E-state index is 12.2. The third-order valence-electron chi connectivity index (χ3n) is 3.03. The maximum Gasteiger partial charge on any atom is 0.319 e. The molecular weight excluding hydrogens is 280 g/mol. The van der Waals surface area contributed by atoms with E-state index in [-0.39, 0.29) is 17.0 Å². The zero-order chi connectivity index (χ0) is 17.0. The summed E-state index contributed by atoms with van der Waals surface area (Å²) in [5.41, 5.74) is 0.460. The van der Waals surface area contributed by atoms with E-state index >= 15 is 0 Å². The highest BCUT2D eigenvalue weighted by molar-refractivity contribution is 5.90. The Balaban J connectivity index is 2.76. The molecule has 124 valence electrons. The van der Waals surface area contributed by atoms with Crippen molar-refractivity contribution < 1.29 is 14.3 Å². The Hall–Kier alpha value is -1.91. The summed E-state index contributed by atoms with van der Waals surface area (Å²) in [5, 5.41) is 5.83. The Bertz CT molecular complexity index is 497. The minimum absolute atomic E-state index is 0.135. The van der Waals surface area contributed by atoms with Gasteiger partial charge in [0.15, 0.2) is 0 Å². The highest BCUT2D eigenvalue weighted by Gasteiger charge is 2.27. The van der Waals surface area contributed by atoms with Crippen LogP contribution in [0.25, 0.3) is 0 Å². The van der Waals surface area contributed by atoms with Crippen LogP contribution in [0.1, 0.15) is 41.0 Å². The molecule has 0 aromatic heterocycles. The molecule has 0 atom stereocenters. The van der Waals surface area contributed by atoms with Crippen LogP contribution >= 0.6 is 0 Å². The number of rotatable bonds is 5. The maximum atomic E-state index is 12.2. The molecule has 1 aromatic carbocycles. The van der Waals surface area contributed by atoms with E-state index in [0.717, 1.165) is 6.42 Å². The zero-order valence-corrected chi connectivity index (χ0v) is 14.7. The highest BCUT2D eigenvalue weighted by Crippen LogP contribution is 2.28. The van der Waals surface area contributed by atoms with Crippen molar-refractivity contribution in [3.63, 3.8) is 0 Å². The minimum atomic E-state index is -0.300. The van der Waals surface area contributed by atoms with E-state index in [9.17, 15) is 4.79 Å². The summed E-state index contributed by atoms with van der Waals surface area (Å²) < 4.78 is 10.4. The smallest absolute Gasteiger partial charge is 0.319 e. The number of methoxy groups -OCH3 is 2. The number of ether oxygens (including phenoxy) is 2. The molecular formula is C17H28N2O3. The van der Waals surface area contributed by atoms with E-state index in [1.165, 1.54) is 0 Å². The lowest BCUT2D eigenvalue weighted by Crippen LogP contribution is -2.47. The van der Waals surface area contributed by atoms with Gasteiger partial charge in [-0.3, -0.25) is 0 Å². The molecule has 0 unspecified atom stereocenters. The first-order valence-electron chi connectivity index (χ1n) is 7.37. The van der Waals surface area contributed by atoms with E-state index in [2.05, 4.69) is 31.4 Å². The third kappa shape index (κ3) is 6.24. The van der Waals surface area contributed by atoms with Crippen LogP contribution in [0.4, 0.5) is 10.5 Å². The average Bonchev–Trinajstić information content (AvgIpc) is 2.34. The highest BCUT2D eigenvalue weighted by atomic mass is 16.5. The van der Waals surface area contributed by atoms with Crippen LogP contribution in [0.15, 0.2) is 18.2 Å². The van der Waals surface area contributed by atoms with Gasteiger partial charge in [-0.1, -0.05) is 20.8 Å². The van der Waals surface area contributed by atoms with Gasteiger partial charge in [0.1, 0.15) is 11.5 Å². The van der Waals surface area contributed by atoms with E-state index < -0.39 is 0 Å². The van der Waals surface area contributed by atoms with Crippen LogP contribution in [0.5, 0.6) is 11.5 Å². The molecule has 0 spiro atoms. The molecule has 0 saturated heterocycles. The summed E-state index contributed by atoms with van der Waals surface area (Å²) in [4.78, 5) is 12.2. The van der Waals surface area contributed by atoms with Crippen molar-refractivity contribution in [3.8, 4) is 11.5 Å². The van der Waals surface area contributed by atoms with Crippen molar-refractivity contribution in [1.29, 1.82) is 0 Å². The van der Waals surface area contributed by atoms with E-state index in [1.807, 2.05) is 13.8 Å². The second kappa shape index (κ2) is 6.90. The number of carbonyl (C=O) groups is 1. The van der Waals surface area contributed by atoms with Crippen LogP contribution in [0.2, 0.25) is 0 Å². The van der Waals surface area contributed by atoms with Crippen LogP contribution in [-0.2, 0) is 0 Å². The molecule has 0 aliphatic rings. The molecule has 0 heterocycles. The second-order valence-electron chi connectivity index (χ2n) is 7.30. The van der Waals surface area contributed by atoms with Gasteiger partial charge in [-0.15, -0.1) is 0 Å². The molecule has 2 N–H and O–H groups in total. The molecule has 1 rings (SSSR count). The standard InChI is InChI=1S/C17H28N2O3/c1-16(2,3)11-17(4,5)19-15(20)18-12-8-13(21-6)10-14(9-12)22-7/h8-10H,11H2,1-7H3,(H2,18,19,20). The molecule has 1 aromatic rings. The van der Waals surface area contributed by atoms with Gasteiger partial charge in [0.05, 0.1) is 14.2 Å². The van der Waals surface area contributed by atoms with Gasteiger partial charge in [0, 0.05) is 29.4 Å². The fourth-order valence-corrected chi connectivity index (χ4v) is 2.72. The first-order valence-corrected chi connectivity index (χ1v) is 7.37. The fraction of sp³-hybridized carbons (Fsp3) is 0.588. The Morgan fingerprint density at radius 1 is 1.00 bits per heavy atom. The molecule has 5 heteroatoms. The van der Waals surface area contributed by atoms with Crippen molar-refractivity contribution in [2.45, 2.75) is 46.6 Å². The Morgan fingerprint density at radius 3 is 1.91 bits per heavy atom. The normalized spacial score (nSPS) is 11.8. The van der Waals surface area contributed by atoms with Crippen molar-refractivity contribution in [3.05, 3.63) is 18.2 Å². The SMILES string of the molecule is COc1cc(NC(=O)NC(C)(C)CC(C)(C)C)cc(OC)c1. The van der Waals surface area contributed by atoms with Crippen molar-refractivity contribution >= 4 is 11.7 Å². The summed E-state index contributed by atoms with van der Waals surface area (Å²) >= 11 is 0. The van der Waals surface area contributed by atoms with Gasteiger partial charge < -0.3 is 20.1 Å². The Labute approximate surface area is 133 Å². The number of hydrogen-bond donors (Lipinski definition) is 2. The largest absolute Gasteiger partial charge is 0.497 e. The molecule has 0 saturated carbocycles. The predicted molar refractivity (Wildman–Crippen MR) is 89.9 cm³/mol. The summed E-state index contributed by atoms with van der Waals surface area (Å²) in [6.07, 6.45) is 0.870. The number of carbonyl (C=O) groups excluding carboxylic acids is 1. The zero-order valence-electron chi connectivity index (χ0n) is 14.7. The van der Waals surface area contributed by atoms with Gasteiger partial charge in [-0.2, -0.15) is 0 Å². The second-order valence-corrected chi connectivity index (χ2v) is 7.30. The van der Waals surface area contributed by atoms with Crippen molar-refractivity contribution in [2.75, 3.05) is 19.5 Å². The first kappa shape index (κ1) is 18.1. The molecule has 0 aliphatic carbocycles. The van der Waals surface area contributed by atoms with Gasteiger partial charge in [0.25, 0.3) is 0 Å². The van der Waals surface area contributed by atoms with Crippen LogP contribution < -0.4 is 20.1 Å². The Kier molecular flexibility index (Phi) is 5.69. The van der Waals surface area contributed by atoms with E-state index in [1.54, 1.807) is 32.4 Å². The lowest BCUT2D eigenvalue weighted by molar-refractivity contribution is 0.220. The van der Waals surface area contributed by atoms with Crippen molar-refractivity contribution in [2.24, 2.45) is 5.41 Å². The number of hydrogen-bond acceptors (Lipinski definition) is 3. The molecule has 22 heavy (non-hydrogen) atoms. The van der Waals surface area contributed by atoms with Crippen molar-refractivity contribution in [1.82, 2.24) is 5.32 Å². The molecule has 0 aliphatic heterocycles.